The number of ether oxygens (including phenoxy) is 1. The fourth-order valence-corrected chi connectivity index (χ4v) is 3.02. The van der Waals surface area contributed by atoms with Crippen molar-refractivity contribution in [2.45, 2.75) is 38.1 Å². The van der Waals surface area contributed by atoms with Gasteiger partial charge in [0, 0.05) is 24.6 Å². The van der Waals surface area contributed by atoms with E-state index in [-0.39, 0.29) is 12.6 Å². The van der Waals surface area contributed by atoms with Crippen molar-refractivity contribution in [1.29, 1.82) is 0 Å². The van der Waals surface area contributed by atoms with E-state index in [4.69, 9.17) is 4.74 Å². The SMILES string of the molecule is CCOC(=O)CCCSc1ncc(CO)n1Cc1ccncc1. The van der Waals surface area contributed by atoms with Gasteiger partial charge >= 0.3 is 5.97 Å². The monoisotopic (exact) mass is 335 g/mol. The molecule has 0 bridgehead atoms. The van der Waals surface area contributed by atoms with Crippen LogP contribution in [0.4, 0.5) is 0 Å². The van der Waals surface area contributed by atoms with Crippen LogP contribution in [0.5, 0.6) is 0 Å². The summed E-state index contributed by atoms with van der Waals surface area (Å²) in [7, 11) is 0. The second-order valence-corrected chi connectivity index (χ2v) is 5.95. The zero-order valence-corrected chi connectivity index (χ0v) is 14.0. The minimum Gasteiger partial charge on any atom is -0.466 e. The van der Waals surface area contributed by atoms with Crippen molar-refractivity contribution in [3.63, 3.8) is 0 Å². The van der Waals surface area contributed by atoms with Crippen LogP contribution in [0.1, 0.15) is 31.0 Å². The number of imidazole rings is 1. The first-order valence-corrected chi connectivity index (χ1v) is 8.55. The van der Waals surface area contributed by atoms with Crippen molar-refractivity contribution < 1.29 is 14.6 Å². The first kappa shape index (κ1) is 17.5. The predicted octanol–water partition coefficient (Wildman–Crippen LogP) is 2.25. The molecule has 23 heavy (non-hydrogen) atoms. The number of esters is 1. The summed E-state index contributed by atoms with van der Waals surface area (Å²) in [6.07, 6.45) is 6.34. The topological polar surface area (TPSA) is 77.2 Å². The molecule has 0 radical (unpaired) electrons. The lowest BCUT2D eigenvalue weighted by atomic mass is 10.2. The average molecular weight is 335 g/mol. The van der Waals surface area contributed by atoms with Gasteiger partial charge in [-0.15, -0.1) is 0 Å². The van der Waals surface area contributed by atoms with Crippen LogP contribution in [-0.4, -0.2) is 38.0 Å². The second kappa shape index (κ2) is 9.32. The van der Waals surface area contributed by atoms with Gasteiger partial charge in [-0.3, -0.25) is 9.78 Å². The van der Waals surface area contributed by atoms with Gasteiger partial charge in [0.2, 0.25) is 0 Å². The van der Waals surface area contributed by atoms with Gasteiger partial charge in [-0.05, 0) is 31.0 Å². The van der Waals surface area contributed by atoms with Crippen LogP contribution in [0.3, 0.4) is 0 Å². The summed E-state index contributed by atoms with van der Waals surface area (Å²) < 4.78 is 6.90. The van der Waals surface area contributed by atoms with Crippen LogP contribution in [0, 0.1) is 0 Å². The smallest absolute Gasteiger partial charge is 0.305 e. The van der Waals surface area contributed by atoms with E-state index in [0.29, 0.717) is 19.6 Å². The van der Waals surface area contributed by atoms with Gasteiger partial charge in [0.05, 0.1) is 31.6 Å². The number of thioether (sulfide) groups is 1. The van der Waals surface area contributed by atoms with Crippen LogP contribution in [-0.2, 0) is 22.7 Å². The number of aromatic nitrogens is 3. The molecule has 0 aromatic carbocycles. The van der Waals surface area contributed by atoms with E-state index in [9.17, 15) is 9.90 Å². The molecule has 2 aromatic heterocycles. The molecule has 0 amide bonds. The Morgan fingerprint density at radius 3 is 2.87 bits per heavy atom. The third-order valence-corrected chi connectivity index (χ3v) is 4.29. The maximum absolute atomic E-state index is 11.3. The normalized spacial score (nSPS) is 10.7. The molecule has 7 heteroatoms. The van der Waals surface area contributed by atoms with E-state index in [1.54, 1.807) is 37.3 Å². The highest BCUT2D eigenvalue weighted by Gasteiger charge is 2.11. The first-order valence-electron chi connectivity index (χ1n) is 7.57. The zero-order valence-electron chi connectivity index (χ0n) is 13.1. The molecule has 0 fully saturated rings. The number of nitrogens with zero attached hydrogens (tertiary/aromatic N) is 3. The van der Waals surface area contributed by atoms with Crippen LogP contribution in [0.15, 0.2) is 35.9 Å². The Balaban J connectivity index is 1.94. The zero-order chi connectivity index (χ0) is 16.5. The standard InChI is InChI=1S/C16H21N3O3S/c1-2-22-15(21)4-3-9-23-16-18-10-14(12-20)19(16)11-13-5-7-17-8-6-13/h5-8,10,20H,2-4,9,11-12H2,1H3. The number of pyridine rings is 1. The van der Waals surface area contributed by atoms with E-state index in [1.807, 2.05) is 16.7 Å². The van der Waals surface area contributed by atoms with Crippen molar-refractivity contribution in [2.24, 2.45) is 0 Å². The van der Waals surface area contributed by atoms with Crippen LogP contribution in [0.2, 0.25) is 0 Å². The predicted molar refractivity (Wildman–Crippen MR) is 88.1 cm³/mol. The van der Waals surface area contributed by atoms with Gasteiger partial charge in [-0.1, -0.05) is 11.8 Å². The number of carbonyl (C=O) groups excluding carboxylic acids is 1. The number of hydrogen-bond acceptors (Lipinski definition) is 6. The van der Waals surface area contributed by atoms with Crippen molar-refractivity contribution in [2.75, 3.05) is 12.4 Å². The highest BCUT2D eigenvalue weighted by Crippen LogP contribution is 2.21. The van der Waals surface area contributed by atoms with E-state index < -0.39 is 0 Å². The summed E-state index contributed by atoms with van der Waals surface area (Å²) in [4.78, 5) is 19.7. The molecule has 124 valence electrons. The maximum atomic E-state index is 11.3. The lowest BCUT2D eigenvalue weighted by Gasteiger charge is -2.10. The van der Waals surface area contributed by atoms with Crippen molar-refractivity contribution in [1.82, 2.24) is 14.5 Å². The molecule has 0 spiro atoms. The molecule has 0 aliphatic carbocycles. The number of aliphatic hydroxyl groups excluding tert-OH is 1. The quantitative estimate of drug-likeness (QED) is 0.430. The van der Waals surface area contributed by atoms with Crippen molar-refractivity contribution in [3.05, 3.63) is 42.0 Å². The molecule has 2 heterocycles. The van der Waals surface area contributed by atoms with Gasteiger partial charge in [0.25, 0.3) is 0 Å². The molecule has 1 N–H and O–H groups in total. The lowest BCUT2D eigenvalue weighted by molar-refractivity contribution is -0.143. The maximum Gasteiger partial charge on any atom is 0.305 e. The number of aliphatic hydroxyl groups is 1. The molecule has 0 unspecified atom stereocenters. The molecule has 6 nitrogen and oxygen atoms in total. The molecule has 0 aliphatic rings. The van der Waals surface area contributed by atoms with Gasteiger partial charge < -0.3 is 14.4 Å². The molecule has 0 saturated carbocycles. The van der Waals surface area contributed by atoms with Gasteiger partial charge in [0.1, 0.15) is 0 Å². The molecule has 0 atom stereocenters. The van der Waals surface area contributed by atoms with E-state index in [1.165, 1.54) is 0 Å². The highest BCUT2D eigenvalue weighted by molar-refractivity contribution is 7.99. The van der Waals surface area contributed by atoms with Gasteiger partial charge in [-0.25, -0.2) is 4.98 Å². The molecular formula is C16H21N3O3S. The Morgan fingerprint density at radius 1 is 1.39 bits per heavy atom. The molecular weight excluding hydrogens is 314 g/mol. The molecule has 0 saturated heterocycles. The summed E-state index contributed by atoms with van der Waals surface area (Å²) in [6.45, 7) is 2.81. The van der Waals surface area contributed by atoms with Gasteiger partial charge in [-0.2, -0.15) is 0 Å². The summed E-state index contributed by atoms with van der Waals surface area (Å²) in [5, 5.41) is 10.3. The minimum absolute atomic E-state index is 0.0541. The highest BCUT2D eigenvalue weighted by atomic mass is 32.2. The largest absolute Gasteiger partial charge is 0.466 e. The van der Waals surface area contributed by atoms with Crippen LogP contribution < -0.4 is 0 Å². The minimum atomic E-state index is -0.163. The van der Waals surface area contributed by atoms with E-state index in [2.05, 4.69) is 9.97 Å². The molecule has 2 aromatic rings. The summed E-state index contributed by atoms with van der Waals surface area (Å²) >= 11 is 1.58. The summed E-state index contributed by atoms with van der Waals surface area (Å²) in [5.41, 5.74) is 1.87. The summed E-state index contributed by atoms with van der Waals surface area (Å²) in [5.74, 6) is 0.612. The lowest BCUT2D eigenvalue weighted by Crippen LogP contribution is -2.07. The third kappa shape index (κ3) is 5.37. The summed E-state index contributed by atoms with van der Waals surface area (Å²) in [6, 6.07) is 3.88. The third-order valence-electron chi connectivity index (χ3n) is 3.22. The Bertz CT molecular complexity index is 616. The van der Waals surface area contributed by atoms with Crippen LogP contribution >= 0.6 is 11.8 Å². The van der Waals surface area contributed by atoms with E-state index in [0.717, 1.165) is 28.6 Å². The fourth-order valence-electron chi connectivity index (χ4n) is 2.09. The number of rotatable bonds is 9. The number of carbonyl (C=O) groups is 1. The molecule has 0 aliphatic heterocycles. The fraction of sp³-hybridized carbons (Fsp3) is 0.438. The Kier molecular flexibility index (Phi) is 7.09. The molecule has 2 rings (SSSR count). The number of hydrogen-bond donors (Lipinski definition) is 1. The van der Waals surface area contributed by atoms with Crippen molar-refractivity contribution in [3.8, 4) is 0 Å². The van der Waals surface area contributed by atoms with Gasteiger partial charge in [0.15, 0.2) is 5.16 Å². The van der Waals surface area contributed by atoms with Crippen LogP contribution in [0.25, 0.3) is 0 Å². The average Bonchev–Trinajstić information content (AvgIpc) is 2.95. The van der Waals surface area contributed by atoms with Crippen molar-refractivity contribution >= 4 is 17.7 Å². The Morgan fingerprint density at radius 2 is 2.17 bits per heavy atom. The Labute approximate surface area is 139 Å². The van der Waals surface area contributed by atoms with E-state index >= 15 is 0 Å². The second-order valence-electron chi connectivity index (χ2n) is 4.89. The first-order chi connectivity index (χ1) is 11.2. The Hall–Kier alpha value is -1.86.